The van der Waals surface area contributed by atoms with E-state index in [1.165, 1.54) is 4.90 Å². The molecule has 4 aliphatic carbocycles. The highest BCUT2D eigenvalue weighted by Crippen LogP contribution is 2.65. The van der Waals surface area contributed by atoms with E-state index in [1.54, 1.807) is 42.7 Å². The first-order chi connectivity index (χ1) is 14.1. The zero-order valence-corrected chi connectivity index (χ0v) is 15.7. The standard InChI is InChI=1S/C23H20N2O4/c26-21(24-11-14-2-1-9-29-14)12-3-5-13(6-4-12)25-22(27)19-15-7-8-16(18-10-17(15)18)20(19)23(25)28/h1-9,15-20H,10-11H2,(H,24,26)/t15-,16-,17-,18-,19-,20+/m1/s1. The Kier molecular flexibility index (Phi) is 3.43. The lowest BCUT2D eigenvalue weighted by molar-refractivity contribution is -0.124. The summed E-state index contributed by atoms with van der Waals surface area (Å²) in [6.07, 6.45) is 7.04. The van der Waals surface area contributed by atoms with Crippen LogP contribution in [0.15, 0.2) is 59.2 Å². The molecule has 146 valence electrons. The number of carbonyl (C=O) groups is 3. The number of anilines is 1. The molecular weight excluding hydrogens is 368 g/mol. The van der Waals surface area contributed by atoms with Gasteiger partial charge in [-0.1, -0.05) is 12.2 Å². The highest BCUT2D eigenvalue weighted by atomic mass is 16.3. The van der Waals surface area contributed by atoms with Gasteiger partial charge in [-0.05, 0) is 66.5 Å². The smallest absolute Gasteiger partial charge is 0.251 e. The van der Waals surface area contributed by atoms with Gasteiger partial charge < -0.3 is 9.73 Å². The number of nitrogens with zero attached hydrogens (tertiary/aromatic N) is 1. The van der Waals surface area contributed by atoms with E-state index in [4.69, 9.17) is 4.42 Å². The molecule has 1 N–H and O–H groups in total. The van der Waals surface area contributed by atoms with Crippen molar-refractivity contribution in [1.82, 2.24) is 5.32 Å². The lowest BCUT2D eigenvalue weighted by Gasteiger charge is -2.37. The largest absolute Gasteiger partial charge is 0.467 e. The van der Waals surface area contributed by atoms with E-state index >= 15 is 0 Å². The highest BCUT2D eigenvalue weighted by molar-refractivity contribution is 6.22. The van der Waals surface area contributed by atoms with Crippen LogP contribution in [0.2, 0.25) is 0 Å². The molecule has 6 heteroatoms. The van der Waals surface area contributed by atoms with E-state index in [2.05, 4.69) is 17.5 Å². The second-order valence-corrected chi connectivity index (χ2v) is 8.48. The summed E-state index contributed by atoms with van der Waals surface area (Å²) in [4.78, 5) is 40.0. The Morgan fingerprint density at radius 3 is 2.24 bits per heavy atom. The molecule has 29 heavy (non-hydrogen) atoms. The predicted octanol–water partition coefficient (Wildman–Crippen LogP) is 2.77. The van der Waals surface area contributed by atoms with Gasteiger partial charge >= 0.3 is 0 Å². The van der Waals surface area contributed by atoms with Crippen LogP contribution in [0, 0.1) is 35.5 Å². The third-order valence-corrected chi connectivity index (χ3v) is 7.05. The summed E-state index contributed by atoms with van der Waals surface area (Å²) in [6, 6.07) is 10.2. The molecule has 0 radical (unpaired) electrons. The number of furan rings is 1. The van der Waals surface area contributed by atoms with Crippen LogP contribution in [0.3, 0.4) is 0 Å². The second kappa shape index (κ2) is 5.92. The third kappa shape index (κ3) is 2.38. The second-order valence-electron chi connectivity index (χ2n) is 8.48. The maximum absolute atomic E-state index is 13.1. The van der Waals surface area contributed by atoms with Crippen LogP contribution in [0.1, 0.15) is 22.5 Å². The van der Waals surface area contributed by atoms with Crippen molar-refractivity contribution in [2.24, 2.45) is 35.5 Å². The van der Waals surface area contributed by atoms with Gasteiger partial charge in [0.25, 0.3) is 5.91 Å². The molecule has 2 heterocycles. The highest BCUT2D eigenvalue weighted by Gasteiger charge is 2.67. The van der Waals surface area contributed by atoms with Crippen molar-refractivity contribution in [2.75, 3.05) is 4.90 Å². The van der Waals surface area contributed by atoms with Crippen LogP contribution in [0.25, 0.3) is 0 Å². The fraction of sp³-hybridized carbons (Fsp3) is 0.348. The first-order valence-corrected chi connectivity index (χ1v) is 10.1. The van der Waals surface area contributed by atoms with E-state index in [-0.39, 0.29) is 41.4 Å². The summed E-state index contributed by atoms with van der Waals surface area (Å²) in [7, 11) is 0. The lowest BCUT2D eigenvalue weighted by atomic mass is 9.63. The summed E-state index contributed by atoms with van der Waals surface area (Å²) >= 11 is 0. The monoisotopic (exact) mass is 388 g/mol. The van der Waals surface area contributed by atoms with Crippen LogP contribution >= 0.6 is 0 Å². The summed E-state index contributed by atoms with van der Waals surface area (Å²) in [5.41, 5.74) is 1.02. The molecule has 6 atom stereocenters. The molecule has 0 spiro atoms. The van der Waals surface area contributed by atoms with Crippen molar-refractivity contribution in [3.8, 4) is 0 Å². The topological polar surface area (TPSA) is 79.6 Å². The number of hydrogen-bond donors (Lipinski definition) is 1. The van der Waals surface area contributed by atoms with E-state index in [1.807, 2.05) is 0 Å². The molecule has 5 aliphatic rings. The fourth-order valence-electron chi connectivity index (χ4n) is 5.66. The Hall–Kier alpha value is -3.15. The number of hydrogen-bond acceptors (Lipinski definition) is 4. The van der Waals surface area contributed by atoms with Crippen LogP contribution < -0.4 is 10.2 Å². The van der Waals surface area contributed by atoms with Gasteiger partial charge in [0.05, 0.1) is 30.3 Å². The number of benzene rings is 1. The van der Waals surface area contributed by atoms with Crippen LogP contribution in [-0.4, -0.2) is 17.7 Å². The first-order valence-electron chi connectivity index (χ1n) is 10.1. The average molecular weight is 388 g/mol. The van der Waals surface area contributed by atoms with Crippen LogP contribution in [0.4, 0.5) is 5.69 Å². The minimum Gasteiger partial charge on any atom is -0.467 e. The molecule has 3 fully saturated rings. The molecule has 6 nitrogen and oxygen atoms in total. The van der Waals surface area contributed by atoms with Crippen molar-refractivity contribution in [2.45, 2.75) is 13.0 Å². The summed E-state index contributed by atoms with van der Waals surface area (Å²) in [5.74, 6) is 1.45. The lowest BCUT2D eigenvalue weighted by Crippen LogP contribution is -2.40. The maximum Gasteiger partial charge on any atom is 0.251 e. The first kappa shape index (κ1) is 16.8. The molecule has 0 unspecified atom stereocenters. The van der Waals surface area contributed by atoms with Gasteiger partial charge in [-0.25, -0.2) is 0 Å². The average Bonchev–Trinajstić information content (AvgIpc) is 3.33. The normalized spacial score (nSPS) is 33.6. The number of carbonyl (C=O) groups excluding carboxylic acids is 3. The summed E-state index contributed by atoms with van der Waals surface area (Å²) < 4.78 is 5.21. The van der Waals surface area contributed by atoms with E-state index in [0.29, 0.717) is 35.4 Å². The minimum atomic E-state index is -0.233. The maximum atomic E-state index is 13.1. The Balaban J connectivity index is 1.21. The molecular formula is C23H20N2O4. The predicted molar refractivity (Wildman–Crippen MR) is 104 cm³/mol. The number of nitrogens with one attached hydrogen (secondary N) is 1. The van der Waals surface area contributed by atoms with Gasteiger partial charge in [0, 0.05) is 5.56 Å². The molecule has 2 saturated carbocycles. The van der Waals surface area contributed by atoms with E-state index in [0.717, 1.165) is 6.42 Å². The van der Waals surface area contributed by atoms with Crippen LogP contribution in [-0.2, 0) is 16.1 Å². The zero-order chi connectivity index (χ0) is 19.7. The van der Waals surface area contributed by atoms with Gasteiger partial charge in [0.15, 0.2) is 0 Å². The SMILES string of the molecule is O=C(NCc1ccco1)c1ccc(N2C(=O)[C@@H]3[C@@H]4C=C[C@H]([C@H]5C[C@H]45)[C@@H]3C2=O)cc1. The Morgan fingerprint density at radius 2 is 1.66 bits per heavy atom. The summed E-state index contributed by atoms with van der Waals surface area (Å²) in [5, 5.41) is 2.79. The molecule has 1 saturated heterocycles. The van der Waals surface area contributed by atoms with Crippen molar-refractivity contribution in [3.63, 3.8) is 0 Å². The van der Waals surface area contributed by atoms with Crippen molar-refractivity contribution in [3.05, 3.63) is 66.1 Å². The molecule has 7 rings (SSSR count). The molecule has 1 aliphatic heterocycles. The van der Waals surface area contributed by atoms with Gasteiger partial charge in [0.1, 0.15) is 5.76 Å². The number of imide groups is 1. The molecule has 2 aromatic rings. The quantitative estimate of drug-likeness (QED) is 0.645. The van der Waals surface area contributed by atoms with E-state index < -0.39 is 0 Å². The molecule has 1 aromatic carbocycles. The van der Waals surface area contributed by atoms with Crippen molar-refractivity contribution >= 4 is 23.4 Å². The molecule has 3 amide bonds. The van der Waals surface area contributed by atoms with Crippen LogP contribution in [0.5, 0.6) is 0 Å². The Morgan fingerprint density at radius 1 is 1.00 bits per heavy atom. The Bertz CT molecular complexity index is 1000. The third-order valence-electron chi connectivity index (χ3n) is 7.05. The van der Waals surface area contributed by atoms with Gasteiger partial charge in [-0.2, -0.15) is 0 Å². The number of amides is 3. The van der Waals surface area contributed by atoms with Gasteiger partial charge in [-0.15, -0.1) is 0 Å². The zero-order valence-electron chi connectivity index (χ0n) is 15.7. The van der Waals surface area contributed by atoms with Gasteiger partial charge in [0.2, 0.25) is 11.8 Å². The number of rotatable bonds is 4. The Labute approximate surface area is 167 Å². The fourth-order valence-corrected chi connectivity index (χ4v) is 5.66. The van der Waals surface area contributed by atoms with Gasteiger partial charge in [-0.3, -0.25) is 19.3 Å². The summed E-state index contributed by atoms with van der Waals surface area (Å²) in [6.45, 7) is 0.304. The number of allylic oxidation sites excluding steroid dienone is 2. The van der Waals surface area contributed by atoms with Crippen molar-refractivity contribution in [1.29, 1.82) is 0 Å². The molecule has 1 aromatic heterocycles. The van der Waals surface area contributed by atoms with Crippen molar-refractivity contribution < 1.29 is 18.8 Å². The molecule has 2 bridgehead atoms. The van der Waals surface area contributed by atoms with E-state index in [9.17, 15) is 14.4 Å². The minimum absolute atomic E-state index is 0.0836.